The number of ether oxygens (including phenoxy) is 1. The predicted octanol–water partition coefficient (Wildman–Crippen LogP) is 10.0. The maximum atomic E-state index is 12.9. The standard InChI is InChI=1S/C35H48N2O2/c1-4-6-8-10-11-12-13-15-19-29-22-24-30(25-23-29)32-26-36-27-37-34(32)31-20-16-17-21-33(31)39-35(38)28(3)18-14-9-7-5-2/h16-17,20-28H,4-15,18-19H2,1-3H3. The summed E-state index contributed by atoms with van der Waals surface area (Å²) in [5.74, 6) is 0.238. The zero-order valence-electron chi connectivity index (χ0n) is 24.5. The lowest BCUT2D eigenvalue weighted by Crippen LogP contribution is -2.18. The van der Waals surface area contributed by atoms with Gasteiger partial charge in [0.15, 0.2) is 0 Å². The SMILES string of the molecule is CCCCCCCCCCc1ccc(-c2cncnc2-c2ccccc2OC(=O)C(C)CCCCCC)cc1. The number of aromatic nitrogens is 2. The number of benzene rings is 2. The number of nitrogens with zero attached hydrogens (tertiary/aromatic N) is 2. The van der Waals surface area contributed by atoms with Gasteiger partial charge in [0.25, 0.3) is 0 Å². The summed E-state index contributed by atoms with van der Waals surface area (Å²) >= 11 is 0. The summed E-state index contributed by atoms with van der Waals surface area (Å²) in [6, 6.07) is 16.5. The third-order valence-corrected chi connectivity index (χ3v) is 7.54. The lowest BCUT2D eigenvalue weighted by Gasteiger charge is -2.15. The van der Waals surface area contributed by atoms with Crippen molar-refractivity contribution < 1.29 is 9.53 Å². The first-order valence-corrected chi connectivity index (χ1v) is 15.3. The molecule has 0 aliphatic rings. The van der Waals surface area contributed by atoms with E-state index < -0.39 is 0 Å². The van der Waals surface area contributed by atoms with Gasteiger partial charge in [0.2, 0.25) is 0 Å². The number of para-hydroxylation sites is 1. The van der Waals surface area contributed by atoms with Crippen molar-refractivity contribution >= 4 is 5.97 Å². The molecule has 0 saturated heterocycles. The summed E-state index contributed by atoms with van der Waals surface area (Å²) in [6.45, 7) is 6.43. The molecule has 0 bridgehead atoms. The average molecular weight is 529 g/mol. The van der Waals surface area contributed by atoms with Crippen molar-refractivity contribution in [2.75, 3.05) is 0 Å². The highest BCUT2D eigenvalue weighted by Gasteiger charge is 2.19. The molecule has 0 amide bonds. The first-order valence-electron chi connectivity index (χ1n) is 15.3. The van der Waals surface area contributed by atoms with Crippen LogP contribution in [0, 0.1) is 5.92 Å². The molecule has 1 atom stereocenters. The van der Waals surface area contributed by atoms with Gasteiger partial charge in [-0.15, -0.1) is 0 Å². The zero-order valence-corrected chi connectivity index (χ0v) is 24.5. The Morgan fingerprint density at radius 1 is 0.769 bits per heavy atom. The van der Waals surface area contributed by atoms with E-state index in [4.69, 9.17) is 4.74 Å². The molecule has 4 nitrogen and oxygen atoms in total. The van der Waals surface area contributed by atoms with E-state index in [1.54, 1.807) is 6.33 Å². The third-order valence-electron chi connectivity index (χ3n) is 7.54. The highest BCUT2D eigenvalue weighted by atomic mass is 16.5. The second-order valence-corrected chi connectivity index (χ2v) is 10.9. The minimum Gasteiger partial charge on any atom is -0.426 e. The molecule has 4 heteroatoms. The van der Waals surface area contributed by atoms with Crippen LogP contribution in [0.15, 0.2) is 61.1 Å². The number of esters is 1. The van der Waals surface area contributed by atoms with Gasteiger partial charge < -0.3 is 4.74 Å². The van der Waals surface area contributed by atoms with Gasteiger partial charge in [0, 0.05) is 17.3 Å². The topological polar surface area (TPSA) is 52.1 Å². The number of hydrogen-bond donors (Lipinski definition) is 0. The van der Waals surface area contributed by atoms with Gasteiger partial charge in [-0.3, -0.25) is 4.79 Å². The van der Waals surface area contributed by atoms with Crippen LogP contribution in [0.5, 0.6) is 5.75 Å². The number of carbonyl (C=O) groups excluding carboxylic acids is 1. The average Bonchev–Trinajstić information content (AvgIpc) is 2.97. The fourth-order valence-corrected chi connectivity index (χ4v) is 5.02. The second-order valence-electron chi connectivity index (χ2n) is 10.9. The van der Waals surface area contributed by atoms with Gasteiger partial charge in [-0.25, -0.2) is 9.97 Å². The fourth-order valence-electron chi connectivity index (χ4n) is 5.02. The molecule has 3 rings (SSSR count). The van der Waals surface area contributed by atoms with Gasteiger partial charge in [0.1, 0.15) is 12.1 Å². The Balaban J connectivity index is 1.64. The van der Waals surface area contributed by atoms with Crippen LogP contribution in [0.1, 0.15) is 110 Å². The molecule has 210 valence electrons. The lowest BCUT2D eigenvalue weighted by molar-refractivity contribution is -0.138. The van der Waals surface area contributed by atoms with Gasteiger partial charge in [-0.1, -0.05) is 128 Å². The van der Waals surface area contributed by atoms with Crippen molar-refractivity contribution in [3.63, 3.8) is 0 Å². The van der Waals surface area contributed by atoms with Crippen LogP contribution in [-0.4, -0.2) is 15.9 Å². The quantitative estimate of drug-likeness (QED) is 0.0936. The summed E-state index contributed by atoms with van der Waals surface area (Å²) in [7, 11) is 0. The molecule has 0 fully saturated rings. The molecular weight excluding hydrogens is 480 g/mol. The minimum atomic E-state index is -0.181. The van der Waals surface area contributed by atoms with Crippen molar-refractivity contribution in [3.05, 3.63) is 66.6 Å². The molecule has 0 spiro atoms. The Morgan fingerprint density at radius 3 is 2.13 bits per heavy atom. The van der Waals surface area contributed by atoms with Crippen molar-refractivity contribution in [3.8, 4) is 28.1 Å². The molecular formula is C35H48N2O2. The van der Waals surface area contributed by atoms with Crippen molar-refractivity contribution in [1.82, 2.24) is 9.97 Å². The monoisotopic (exact) mass is 528 g/mol. The molecule has 3 aromatic rings. The van der Waals surface area contributed by atoms with E-state index in [1.807, 2.05) is 37.4 Å². The van der Waals surface area contributed by atoms with E-state index in [1.165, 1.54) is 69.8 Å². The lowest BCUT2D eigenvalue weighted by atomic mass is 9.98. The van der Waals surface area contributed by atoms with Gasteiger partial charge in [0.05, 0.1) is 11.6 Å². The maximum absolute atomic E-state index is 12.9. The van der Waals surface area contributed by atoms with Crippen molar-refractivity contribution in [1.29, 1.82) is 0 Å². The molecule has 1 aromatic heterocycles. The zero-order chi connectivity index (χ0) is 27.7. The Labute approximate surface area is 236 Å². The van der Waals surface area contributed by atoms with E-state index in [0.717, 1.165) is 48.1 Å². The molecule has 2 aromatic carbocycles. The molecule has 1 heterocycles. The van der Waals surface area contributed by atoms with Crippen LogP contribution >= 0.6 is 0 Å². The van der Waals surface area contributed by atoms with Gasteiger partial charge in [-0.2, -0.15) is 0 Å². The summed E-state index contributed by atoms with van der Waals surface area (Å²) < 4.78 is 5.92. The Bertz CT molecular complexity index is 1110. The summed E-state index contributed by atoms with van der Waals surface area (Å²) in [5, 5.41) is 0. The number of carbonyl (C=O) groups is 1. The Kier molecular flexibility index (Phi) is 13.7. The number of rotatable bonds is 18. The summed E-state index contributed by atoms with van der Waals surface area (Å²) in [4.78, 5) is 21.8. The van der Waals surface area contributed by atoms with Gasteiger partial charge in [-0.05, 0) is 42.5 Å². The minimum absolute atomic E-state index is 0.131. The van der Waals surface area contributed by atoms with E-state index >= 15 is 0 Å². The third kappa shape index (κ3) is 10.2. The fraction of sp³-hybridized carbons (Fsp3) is 0.514. The highest BCUT2D eigenvalue weighted by Crippen LogP contribution is 2.36. The molecule has 0 aliphatic carbocycles. The number of unbranched alkanes of at least 4 members (excludes halogenated alkanes) is 10. The van der Waals surface area contributed by atoms with E-state index in [2.05, 4.69) is 48.1 Å². The highest BCUT2D eigenvalue weighted by molar-refractivity contribution is 5.85. The maximum Gasteiger partial charge on any atom is 0.314 e. The number of aryl methyl sites for hydroxylation is 1. The van der Waals surface area contributed by atoms with Crippen LogP contribution in [0.25, 0.3) is 22.4 Å². The summed E-state index contributed by atoms with van der Waals surface area (Å²) in [5.41, 5.74) is 4.96. The molecule has 1 unspecified atom stereocenters. The van der Waals surface area contributed by atoms with E-state index in [0.29, 0.717) is 5.75 Å². The largest absolute Gasteiger partial charge is 0.426 e. The first kappa shape index (κ1) is 30.5. The summed E-state index contributed by atoms with van der Waals surface area (Å²) in [6.07, 6.45) is 20.7. The Morgan fingerprint density at radius 2 is 1.41 bits per heavy atom. The van der Waals surface area contributed by atoms with Crippen LogP contribution in [0.4, 0.5) is 0 Å². The molecule has 0 radical (unpaired) electrons. The first-order chi connectivity index (χ1) is 19.1. The smallest absolute Gasteiger partial charge is 0.314 e. The van der Waals surface area contributed by atoms with Crippen LogP contribution in [0.2, 0.25) is 0 Å². The van der Waals surface area contributed by atoms with E-state index in [9.17, 15) is 4.79 Å². The molecule has 0 N–H and O–H groups in total. The van der Waals surface area contributed by atoms with Crippen LogP contribution < -0.4 is 4.74 Å². The van der Waals surface area contributed by atoms with Crippen molar-refractivity contribution in [2.45, 2.75) is 111 Å². The molecule has 0 saturated carbocycles. The van der Waals surface area contributed by atoms with Gasteiger partial charge >= 0.3 is 5.97 Å². The molecule has 0 aliphatic heterocycles. The second kappa shape index (κ2) is 17.6. The number of hydrogen-bond acceptors (Lipinski definition) is 4. The Hall–Kier alpha value is -3.01. The molecule has 39 heavy (non-hydrogen) atoms. The van der Waals surface area contributed by atoms with Crippen LogP contribution in [-0.2, 0) is 11.2 Å². The van der Waals surface area contributed by atoms with Crippen LogP contribution in [0.3, 0.4) is 0 Å². The van der Waals surface area contributed by atoms with Crippen molar-refractivity contribution in [2.24, 2.45) is 5.92 Å². The van der Waals surface area contributed by atoms with E-state index in [-0.39, 0.29) is 11.9 Å². The predicted molar refractivity (Wildman–Crippen MR) is 163 cm³/mol. The normalized spacial score (nSPS) is 11.9.